The molecule has 1 aromatic rings. The number of pyridine rings is 1. The Kier molecular flexibility index (Phi) is 6.23. The summed E-state index contributed by atoms with van der Waals surface area (Å²) in [5.41, 5.74) is 0. The molecule has 0 saturated carbocycles. The van der Waals surface area contributed by atoms with E-state index in [1.54, 1.807) is 0 Å². The average molecular weight is 356 g/mol. The Labute approximate surface area is 140 Å². The van der Waals surface area contributed by atoms with E-state index in [0.717, 1.165) is 4.31 Å². The molecule has 24 heavy (non-hydrogen) atoms. The Morgan fingerprint density at radius 3 is 2.83 bits per heavy atom. The largest absolute Gasteiger partial charge is 0.383 e. The molecule has 132 valence electrons. The number of ether oxygens (including phenoxy) is 1. The topological polar surface area (TPSA) is 109 Å². The monoisotopic (exact) mass is 356 g/mol. The Bertz CT molecular complexity index is 680. The van der Waals surface area contributed by atoms with Gasteiger partial charge in [0.25, 0.3) is 0 Å². The molecule has 2 heterocycles. The first-order valence-electron chi connectivity index (χ1n) is 7.38. The predicted molar refractivity (Wildman–Crippen MR) is 84.5 cm³/mol. The minimum atomic E-state index is -3.76. The molecule has 0 bridgehead atoms. The fourth-order valence-electron chi connectivity index (χ4n) is 2.23. The zero-order valence-electron chi connectivity index (χ0n) is 13.3. The fraction of sp³-hybridized carbons (Fsp3) is 0.500. The van der Waals surface area contributed by atoms with Crippen molar-refractivity contribution >= 4 is 21.8 Å². The molecule has 1 aliphatic rings. The van der Waals surface area contributed by atoms with Crippen LogP contribution in [0.1, 0.15) is 0 Å². The molecule has 0 radical (unpaired) electrons. The fourth-order valence-corrected chi connectivity index (χ4v) is 3.57. The summed E-state index contributed by atoms with van der Waals surface area (Å²) < 4.78 is 30.8. The lowest BCUT2D eigenvalue weighted by Crippen LogP contribution is -2.54. The van der Waals surface area contributed by atoms with Gasteiger partial charge >= 0.3 is 0 Å². The number of hydrogen-bond donors (Lipinski definition) is 1. The number of carbonyl (C=O) groups excluding carboxylic acids is 2. The molecule has 1 saturated heterocycles. The highest BCUT2D eigenvalue weighted by Gasteiger charge is 2.33. The number of hydrogen-bond acceptors (Lipinski definition) is 6. The number of nitrogens with one attached hydrogen (secondary N) is 1. The zero-order valence-corrected chi connectivity index (χ0v) is 14.2. The number of amides is 2. The normalized spacial score (nSPS) is 16.2. The minimum absolute atomic E-state index is 0.0450. The van der Waals surface area contributed by atoms with E-state index >= 15 is 0 Å². The third kappa shape index (κ3) is 4.49. The maximum Gasteiger partial charge on any atom is 0.245 e. The summed E-state index contributed by atoms with van der Waals surface area (Å²) in [5.74, 6) is -0.709. The van der Waals surface area contributed by atoms with Gasteiger partial charge in [0.1, 0.15) is 4.90 Å². The van der Waals surface area contributed by atoms with Crippen LogP contribution in [0.25, 0.3) is 0 Å². The third-order valence-electron chi connectivity index (χ3n) is 3.52. The maximum atomic E-state index is 12.5. The molecule has 1 fully saturated rings. The number of sulfonamides is 1. The Hall–Kier alpha value is -2.04. The molecule has 2 amide bonds. The van der Waals surface area contributed by atoms with Gasteiger partial charge in [-0.25, -0.2) is 8.42 Å². The highest BCUT2D eigenvalue weighted by molar-refractivity contribution is 7.89. The summed E-state index contributed by atoms with van der Waals surface area (Å²) in [6.07, 6.45) is 2.72. The van der Waals surface area contributed by atoms with Crippen molar-refractivity contribution in [2.75, 3.05) is 46.4 Å². The second-order valence-corrected chi connectivity index (χ2v) is 7.12. The van der Waals surface area contributed by atoms with E-state index in [1.165, 1.54) is 36.5 Å². The van der Waals surface area contributed by atoms with Crippen LogP contribution in [0.2, 0.25) is 0 Å². The number of nitrogens with zero attached hydrogens (tertiary/aromatic N) is 3. The van der Waals surface area contributed by atoms with E-state index in [2.05, 4.69) is 10.3 Å². The second-order valence-electron chi connectivity index (χ2n) is 5.19. The molecule has 0 atom stereocenters. The molecule has 0 spiro atoms. The van der Waals surface area contributed by atoms with Crippen LogP contribution in [0, 0.1) is 0 Å². The molecular weight excluding hydrogens is 336 g/mol. The lowest BCUT2D eigenvalue weighted by atomic mass is 10.3. The van der Waals surface area contributed by atoms with Crippen LogP contribution in [0.5, 0.6) is 0 Å². The van der Waals surface area contributed by atoms with Gasteiger partial charge in [-0.2, -0.15) is 4.31 Å². The quantitative estimate of drug-likeness (QED) is 0.607. The Balaban J connectivity index is 1.93. The lowest BCUT2D eigenvalue weighted by Gasteiger charge is -2.33. The molecule has 0 aliphatic carbocycles. The average Bonchev–Trinajstić information content (AvgIpc) is 2.57. The van der Waals surface area contributed by atoms with Crippen LogP contribution in [0.4, 0.5) is 0 Å². The first-order valence-corrected chi connectivity index (χ1v) is 8.82. The van der Waals surface area contributed by atoms with Crippen LogP contribution >= 0.6 is 0 Å². The molecule has 0 unspecified atom stereocenters. The van der Waals surface area contributed by atoms with Gasteiger partial charge in [0.05, 0.1) is 19.7 Å². The van der Waals surface area contributed by atoms with Gasteiger partial charge in [0.15, 0.2) is 0 Å². The Morgan fingerprint density at radius 2 is 2.21 bits per heavy atom. The lowest BCUT2D eigenvalue weighted by molar-refractivity contribution is -0.138. The van der Waals surface area contributed by atoms with Crippen LogP contribution < -0.4 is 5.32 Å². The SMILES string of the molecule is COCCNC(=O)CN1CCN(S(=O)(=O)c2cccnc2)CC1=O. The van der Waals surface area contributed by atoms with Crippen molar-refractivity contribution in [3.05, 3.63) is 24.5 Å². The molecule has 1 aromatic heterocycles. The van der Waals surface area contributed by atoms with E-state index in [1.807, 2.05) is 0 Å². The summed E-state index contributed by atoms with van der Waals surface area (Å²) >= 11 is 0. The molecule has 1 N–H and O–H groups in total. The van der Waals surface area contributed by atoms with Gasteiger partial charge in [0, 0.05) is 39.1 Å². The van der Waals surface area contributed by atoms with Crippen molar-refractivity contribution in [1.82, 2.24) is 19.5 Å². The third-order valence-corrected chi connectivity index (χ3v) is 5.35. The number of piperazine rings is 1. The Morgan fingerprint density at radius 1 is 1.42 bits per heavy atom. The van der Waals surface area contributed by atoms with Crippen LogP contribution in [-0.4, -0.2) is 80.9 Å². The summed E-state index contributed by atoms with van der Waals surface area (Å²) in [5, 5.41) is 2.62. The van der Waals surface area contributed by atoms with E-state index in [4.69, 9.17) is 4.74 Å². The minimum Gasteiger partial charge on any atom is -0.383 e. The number of methoxy groups -OCH3 is 1. The first kappa shape index (κ1) is 18.3. The first-order chi connectivity index (χ1) is 11.4. The van der Waals surface area contributed by atoms with Crippen LogP contribution in [0.3, 0.4) is 0 Å². The van der Waals surface area contributed by atoms with Crippen molar-refractivity contribution in [3.63, 3.8) is 0 Å². The second kappa shape index (κ2) is 8.18. The van der Waals surface area contributed by atoms with E-state index in [0.29, 0.717) is 13.2 Å². The van der Waals surface area contributed by atoms with Crippen molar-refractivity contribution in [3.8, 4) is 0 Å². The van der Waals surface area contributed by atoms with E-state index in [-0.39, 0.29) is 37.0 Å². The standard InChI is InChI=1S/C14H20N4O5S/c1-23-8-5-16-13(19)10-17-6-7-18(11-14(17)20)24(21,22)12-3-2-4-15-9-12/h2-4,9H,5-8,10-11H2,1H3,(H,16,19). The van der Waals surface area contributed by atoms with Crippen LogP contribution in [-0.2, 0) is 24.3 Å². The predicted octanol–water partition coefficient (Wildman–Crippen LogP) is -1.32. The summed E-state index contributed by atoms with van der Waals surface area (Å²) in [7, 11) is -2.23. The molecule has 10 heteroatoms. The molecule has 1 aliphatic heterocycles. The highest BCUT2D eigenvalue weighted by atomic mass is 32.2. The van der Waals surface area contributed by atoms with Crippen molar-refractivity contribution in [2.24, 2.45) is 0 Å². The van der Waals surface area contributed by atoms with E-state index in [9.17, 15) is 18.0 Å². The number of aromatic nitrogens is 1. The van der Waals surface area contributed by atoms with Gasteiger partial charge in [0.2, 0.25) is 21.8 Å². The molecule has 9 nitrogen and oxygen atoms in total. The highest BCUT2D eigenvalue weighted by Crippen LogP contribution is 2.16. The van der Waals surface area contributed by atoms with Gasteiger partial charge in [-0.15, -0.1) is 0 Å². The van der Waals surface area contributed by atoms with Gasteiger partial charge in [-0.3, -0.25) is 14.6 Å². The van der Waals surface area contributed by atoms with Crippen LogP contribution in [0.15, 0.2) is 29.4 Å². The van der Waals surface area contributed by atoms with Gasteiger partial charge < -0.3 is 15.0 Å². The molecular formula is C14H20N4O5S. The summed E-state index contributed by atoms with van der Waals surface area (Å²) in [6, 6.07) is 2.96. The van der Waals surface area contributed by atoms with Gasteiger partial charge in [-0.1, -0.05) is 0 Å². The summed E-state index contributed by atoms with van der Waals surface area (Å²) in [6.45, 7) is 0.659. The smallest absolute Gasteiger partial charge is 0.245 e. The molecule has 2 rings (SSSR count). The van der Waals surface area contributed by atoms with Gasteiger partial charge in [-0.05, 0) is 12.1 Å². The van der Waals surface area contributed by atoms with Crippen molar-refractivity contribution in [1.29, 1.82) is 0 Å². The van der Waals surface area contributed by atoms with Crippen molar-refractivity contribution in [2.45, 2.75) is 4.90 Å². The zero-order chi connectivity index (χ0) is 17.6. The van der Waals surface area contributed by atoms with Crippen molar-refractivity contribution < 1.29 is 22.7 Å². The molecule has 0 aromatic carbocycles. The summed E-state index contributed by atoms with van der Waals surface area (Å²) in [4.78, 5) is 29.1. The number of rotatable bonds is 7. The number of carbonyl (C=O) groups is 2. The maximum absolute atomic E-state index is 12.5. The van der Waals surface area contributed by atoms with E-state index < -0.39 is 15.9 Å².